The van der Waals surface area contributed by atoms with Gasteiger partial charge in [0.1, 0.15) is 5.75 Å². The first-order valence-corrected chi connectivity index (χ1v) is 9.14. The number of carbonyl (C=O) groups excluding carboxylic acids is 1. The standard InChI is InChI=1S/C18H22N2O3S/c1-13-12-24-18(23)20(13)11-8-17(22)19-9-6-15(7-10-19)14-2-4-16(21)5-3-14/h2-5,12,15,21H,6-11H2,1H3. The Morgan fingerprint density at radius 2 is 1.92 bits per heavy atom. The average Bonchev–Trinajstić information content (AvgIpc) is 2.92. The highest BCUT2D eigenvalue weighted by Gasteiger charge is 2.23. The molecule has 3 rings (SSSR count). The van der Waals surface area contributed by atoms with Crippen molar-refractivity contribution < 1.29 is 9.90 Å². The van der Waals surface area contributed by atoms with Gasteiger partial charge in [0.05, 0.1) is 0 Å². The number of benzene rings is 1. The molecule has 128 valence electrons. The maximum atomic E-state index is 12.4. The van der Waals surface area contributed by atoms with Gasteiger partial charge in [0, 0.05) is 37.1 Å². The third-order valence-corrected chi connectivity index (χ3v) is 5.62. The Bertz CT molecular complexity index is 755. The Morgan fingerprint density at radius 3 is 2.50 bits per heavy atom. The van der Waals surface area contributed by atoms with Crippen molar-refractivity contribution >= 4 is 17.2 Å². The highest BCUT2D eigenvalue weighted by Crippen LogP contribution is 2.29. The Hall–Kier alpha value is -2.08. The van der Waals surface area contributed by atoms with Crippen molar-refractivity contribution in [2.75, 3.05) is 13.1 Å². The van der Waals surface area contributed by atoms with Crippen molar-refractivity contribution in [3.63, 3.8) is 0 Å². The zero-order valence-electron chi connectivity index (χ0n) is 13.8. The normalized spacial score (nSPS) is 15.6. The van der Waals surface area contributed by atoms with Crippen LogP contribution in [-0.2, 0) is 11.3 Å². The molecule has 2 heterocycles. The van der Waals surface area contributed by atoms with Gasteiger partial charge in [-0.3, -0.25) is 9.59 Å². The van der Waals surface area contributed by atoms with Crippen LogP contribution in [0.1, 0.15) is 36.4 Å². The van der Waals surface area contributed by atoms with Gasteiger partial charge in [0.25, 0.3) is 0 Å². The quantitative estimate of drug-likeness (QED) is 0.926. The van der Waals surface area contributed by atoms with Crippen molar-refractivity contribution in [3.8, 4) is 5.75 Å². The number of thiazole rings is 1. The lowest BCUT2D eigenvalue weighted by Gasteiger charge is -2.32. The van der Waals surface area contributed by atoms with E-state index >= 15 is 0 Å². The maximum Gasteiger partial charge on any atom is 0.307 e. The molecule has 0 atom stereocenters. The van der Waals surface area contributed by atoms with Gasteiger partial charge in [-0.15, -0.1) is 0 Å². The van der Waals surface area contributed by atoms with Crippen LogP contribution in [0.5, 0.6) is 5.75 Å². The predicted molar refractivity (Wildman–Crippen MR) is 94.6 cm³/mol. The van der Waals surface area contributed by atoms with Crippen LogP contribution in [0.2, 0.25) is 0 Å². The predicted octanol–water partition coefficient (Wildman–Crippen LogP) is 2.72. The Kier molecular flexibility index (Phi) is 5.04. The number of phenols is 1. The van der Waals surface area contributed by atoms with E-state index < -0.39 is 0 Å². The molecular weight excluding hydrogens is 324 g/mol. The van der Waals surface area contributed by atoms with Crippen molar-refractivity contribution in [3.05, 3.63) is 50.6 Å². The van der Waals surface area contributed by atoms with Crippen molar-refractivity contribution in [1.29, 1.82) is 0 Å². The molecule has 2 aromatic rings. The summed E-state index contributed by atoms with van der Waals surface area (Å²) in [6.45, 7) is 3.86. The van der Waals surface area contributed by atoms with E-state index in [9.17, 15) is 14.7 Å². The summed E-state index contributed by atoms with van der Waals surface area (Å²) >= 11 is 1.18. The molecule has 0 unspecified atom stereocenters. The lowest BCUT2D eigenvalue weighted by molar-refractivity contribution is -0.132. The summed E-state index contributed by atoms with van der Waals surface area (Å²) in [4.78, 5) is 26.0. The highest BCUT2D eigenvalue weighted by molar-refractivity contribution is 7.07. The van der Waals surface area contributed by atoms with Gasteiger partial charge in [0.15, 0.2) is 0 Å². The Balaban J connectivity index is 1.52. The summed E-state index contributed by atoms with van der Waals surface area (Å²) < 4.78 is 1.67. The van der Waals surface area contributed by atoms with Crippen molar-refractivity contribution in [1.82, 2.24) is 9.47 Å². The zero-order chi connectivity index (χ0) is 17.1. The summed E-state index contributed by atoms with van der Waals surface area (Å²) in [7, 11) is 0. The Labute approximate surface area is 145 Å². The number of carbonyl (C=O) groups is 1. The lowest BCUT2D eigenvalue weighted by atomic mass is 9.89. The second-order valence-electron chi connectivity index (χ2n) is 6.29. The minimum atomic E-state index is 0.00587. The number of amides is 1. The maximum absolute atomic E-state index is 12.4. The van der Waals surface area contributed by atoms with Crippen molar-refractivity contribution in [2.24, 2.45) is 0 Å². The zero-order valence-corrected chi connectivity index (χ0v) is 14.6. The molecule has 24 heavy (non-hydrogen) atoms. The molecule has 1 aliphatic heterocycles. The molecule has 1 aromatic heterocycles. The van der Waals surface area contributed by atoms with Crippen LogP contribution in [0.3, 0.4) is 0 Å². The fourth-order valence-corrected chi connectivity index (χ4v) is 4.01. The first-order valence-electron chi connectivity index (χ1n) is 8.26. The summed E-state index contributed by atoms with van der Waals surface area (Å²) in [6, 6.07) is 7.36. The number of nitrogens with zero attached hydrogens (tertiary/aromatic N) is 2. The highest BCUT2D eigenvalue weighted by atomic mass is 32.1. The topological polar surface area (TPSA) is 62.5 Å². The second kappa shape index (κ2) is 7.21. The summed E-state index contributed by atoms with van der Waals surface area (Å²) in [6.07, 6.45) is 2.25. The molecule has 0 spiro atoms. The summed E-state index contributed by atoms with van der Waals surface area (Å²) in [5, 5.41) is 11.2. The fraction of sp³-hybridized carbons (Fsp3) is 0.444. The number of aromatic nitrogens is 1. The van der Waals surface area contributed by atoms with Gasteiger partial charge in [-0.05, 0) is 43.4 Å². The number of hydrogen-bond acceptors (Lipinski definition) is 4. The van der Waals surface area contributed by atoms with E-state index in [1.807, 2.05) is 29.3 Å². The van der Waals surface area contributed by atoms with Crippen LogP contribution in [0.4, 0.5) is 0 Å². The third-order valence-electron chi connectivity index (χ3n) is 4.74. The van der Waals surface area contributed by atoms with Gasteiger partial charge < -0.3 is 14.6 Å². The molecule has 0 radical (unpaired) electrons. The van der Waals surface area contributed by atoms with E-state index in [0.717, 1.165) is 31.6 Å². The van der Waals surface area contributed by atoms with Gasteiger partial charge in [-0.1, -0.05) is 23.5 Å². The van der Waals surface area contributed by atoms with Gasteiger partial charge >= 0.3 is 4.87 Å². The van der Waals surface area contributed by atoms with Crippen molar-refractivity contribution in [2.45, 2.75) is 38.6 Å². The minimum absolute atomic E-state index is 0.00587. The van der Waals surface area contributed by atoms with Crippen LogP contribution in [-0.4, -0.2) is 33.6 Å². The van der Waals surface area contributed by atoms with E-state index in [4.69, 9.17) is 0 Å². The largest absolute Gasteiger partial charge is 0.508 e. The monoisotopic (exact) mass is 346 g/mol. The molecule has 0 bridgehead atoms. The molecule has 5 nitrogen and oxygen atoms in total. The SMILES string of the molecule is Cc1csc(=O)n1CCC(=O)N1CCC(c2ccc(O)cc2)CC1. The number of likely N-dealkylation sites (tertiary alicyclic amines) is 1. The van der Waals surface area contributed by atoms with E-state index in [2.05, 4.69) is 0 Å². The molecule has 0 aliphatic carbocycles. The molecule has 1 aliphatic rings. The minimum Gasteiger partial charge on any atom is -0.508 e. The van der Waals surface area contributed by atoms with Gasteiger partial charge in [-0.25, -0.2) is 0 Å². The number of aryl methyl sites for hydroxylation is 1. The molecular formula is C18H22N2O3S. The molecule has 1 fully saturated rings. The van der Waals surface area contributed by atoms with E-state index in [1.54, 1.807) is 16.7 Å². The molecule has 1 aromatic carbocycles. The Morgan fingerprint density at radius 1 is 1.25 bits per heavy atom. The molecule has 6 heteroatoms. The summed E-state index contributed by atoms with van der Waals surface area (Å²) in [5.74, 6) is 0.846. The molecule has 1 saturated heterocycles. The molecule has 1 amide bonds. The third kappa shape index (κ3) is 3.70. The van der Waals surface area contributed by atoms with Crippen LogP contribution < -0.4 is 4.87 Å². The molecule has 0 saturated carbocycles. The van der Waals surface area contributed by atoms with Crippen LogP contribution >= 0.6 is 11.3 Å². The number of rotatable bonds is 4. The van der Waals surface area contributed by atoms with Gasteiger partial charge in [0.2, 0.25) is 5.91 Å². The first kappa shape index (κ1) is 16.8. The van der Waals surface area contributed by atoms with Crippen LogP contribution in [0.15, 0.2) is 34.4 Å². The van der Waals surface area contributed by atoms with Gasteiger partial charge in [-0.2, -0.15) is 0 Å². The number of piperidine rings is 1. The fourth-order valence-electron chi connectivity index (χ4n) is 3.25. The number of phenolic OH excluding ortho intramolecular Hbond substituents is 1. The molecule has 1 N–H and O–H groups in total. The second-order valence-corrected chi connectivity index (χ2v) is 7.11. The van der Waals surface area contributed by atoms with Crippen LogP contribution in [0, 0.1) is 6.92 Å². The first-order chi connectivity index (χ1) is 11.5. The number of hydrogen-bond donors (Lipinski definition) is 1. The van der Waals surface area contributed by atoms with E-state index in [-0.39, 0.29) is 16.5 Å². The smallest absolute Gasteiger partial charge is 0.307 e. The van der Waals surface area contributed by atoms with E-state index in [0.29, 0.717) is 18.9 Å². The number of aromatic hydroxyl groups is 1. The lowest BCUT2D eigenvalue weighted by Crippen LogP contribution is -2.38. The average molecular weight is 346 g/mol. The van der Waals surface area contributed by atoms with Crippen LogP contribution in [0.25, 0.3) is 0 Å². The summed E-state index contributed by atoms with van der Waals surface area (Å²) in [5.41, 5.74) is 2.14. The van der Waals surface area contributed by atoms with E-state index in [1.165, 1.54) is 16.9 Å².